The number of halogens is 1. The van der Waals surface area contributed by atoms with E-state index in [2.05, 4.69) is 28.2 Å². The van der Waals surface area contributed by atoms with E-state index >= 15 is 0 Å². The highest BCUT2D eigenvalue weighted by Gasteiger charge is 2.07. The van der Waals surface area contributed by atoms with Crippen LogP contribution in [0.15, 0.2) is 16.7 Å². The highest BCUT2D eigenvalue weighted by atomic mass is 79.9. The van der Waals surface area contributed by atoms with Crippen LogP contribution in [0.2, 0.25) is 0 Å². The van der Waals surface area contributed by atoms with E-state index in [0.717, 1.165) is 30.5 Å². The predicted molar refractivity (Wildman–Crippen MR) is 68.0 cm³/mol. The molecule has 1 rings (SSSR count). The number of alkyl halides is 1. The zero-order chi connectivity index (χ0) is 12.0. The number of aryl methyl sites for hydroxylation is 1. The molecule has 1 unspecified atom stereocenters. The Bertz CT molecular complexity index is 336. The Labute approximate surface area is 105 Å². The second-order valence-electron chi connectivity index (χ2n) is 4.10. The molecule has 1 N–H and O–H groups in total. The van der Waals surface area contributed by atoms with Gasteiger partial charge in [0.1, 0.15) is 12.0 Å². The topological polar surface area (TPSA) is 42.2 Å². The van der Waals surface area contributed by atoms with Gasteiger partial charge in [-0.3, -0.25) is 4.79 Å². The van der Waals surface area contributed by atoms with E-state index in [1.54, 1.807) is 6.07 Å². The molecule has 1 atom stereocenters. The Morgan fingerprint density at radius 3 is 2.94 bits per heavy atom. The molecule has 0 radical (unpaired) electrons. The zero-order valence-electron chi connectivity index (χ0n) is 9.75. The van der Waals surface area contributed by atoms with Crippen molar-refractivity contribution in [2.24, 2.45) is 5.92 Å². The predicted octanol–water partition coefficient (Wildman–Crippen LogP) is 3.13. The molecule has 4 heteroatoms. The van der Waals surface area contributed by atoms with Crippen LogP contribution in [0.4, 0.5) is 0 Å². The summed E-state index contributed by atoms with van der Waals surface area (Å²) in [5, 5.41) is 3.89. The third kappa shape index (κ3) is 4.39. The number of carbonyl (C=O) groups excluding carboxylic acids is 1. The molecule has 0 saturated heterocycles. The lowest BCUT2D eigenvalue weighted by molar-refractivity contribution is 0.0952. The van der Waals surface area contributed by atoms with Crippen molar-refractivity contribution in [1.82, 2.24) is 5.32 Å². The maximum Gasteiger partial charge on any atom is 0.254 e. The summed E-state index contributed by atoms with van der Waals surface area (Å²) >= 11 is 3.44. The summed E-state index contributed by atoms with van der Waals surface area (Å²) in [6, 6.07) is 1.75. The van der Waals surface area contributed by atoms with E-state index < -0.39 is 0 Å². The fourth-order valence-electron chi connectivity index (χ4n) is 1.39. The Balaban J connectivity index is 2.21. The van der Waals surface area contributed by atoms with Gasteiger partial charge in [0.05, 0.1) is 5.56 Å². The summed E-state index contributed by atoms with van der Waals surface area (Å²) in [5.74, 6) is 1.37. The summed E-state index contributed by atoms with van der Waals surface area (Å²) in [6.45, 7) is 4.74. The molecule has 16 heavy (non-hydrogen) atoms. The van der Waals surface area contributed by atoms with Gasteiger partial charge in [0.2, 0.25) is 0 Å². The molecule has 0 aliphatic heterocycles. The molecular formula is C12H18BrNO2. The Kier molecular flexibility index (Phi) is 5.60. The molecule has 1 amide bonds. The van der Waals surface area contributed by atoms with Crippen molar-refractivity contribution in [1.29, 1.82) is 0 Å². The molecule has 1 heterocycles. The molecule has 0 aliphatic rings. The fourth-order valence-corrected chi connectivity index (χ4v) is 1.72. The monoisotopic (exact) mass is 287 g/mol. The Morgan fingerprint density at radius 1 is 1.62 bits per heavy atom. The van der Waals surface area contributed by atoms with Crippen LogP contribution in [0.1, 0.15) is 35.9 Å². The molecule has 0 fully saturated rings. The van der Waals surface area contributed by atoms with Gasteiger partial charge in [-0.1, -0.05) is 22.9 Å². The lowest BCUT2D eigenvalue weighted by Gasteiger charge is -2.07. The standard InChI is InChI=1S/C12H18BrNO2/c1-9(7-13)4-3-5-14-12(15)11-6-10(2)16-8-11/h6,8-9H,3-5,7H2,1-2H3,(H,14,15). The van der Waals surface area contributed by atoms with Crippen molar-refractivity contribution in [3.8, 4) is 0 Å². The van der Waals surface area contributed by atoms with Crippen molar-refractivity contribution in [2.45, 2.75) is 26.7 Å². The Morgan fingerprint density at radius 2 is 2.38 bits per heavy atom. The van der Waals surface area contributed by atoms with E-state index in [0.29, 0.717) is 11.5 Å². The van der Waals surface area contributed by atoms with Gasteiger partial charge in [0.25, 0.3) is 5.91 Å². The lowest BCUT2D eigenvalue weighted by atomic mass is 10.1. The van der Waals surface area contributed by atoms with Gasteiger partial charge in [0.15, 0.2) is 0 Å². The minimum Gasteiger partial charge on any atom is -0.469 e. The Hall–Kier alpha value is -0.770. The van der Waals surface area contributed by atoms with Crippen LogP contribution < -0.4 is 5.32 Å². The zero-order valence-corrected chi connectivity index (χ0v) is 11.3. The highest BCUT2D eigenvalue weighted by Crippen LogP contribution is 2.08. The number of carbonyl (C=O) groups is 1. The van der Waals surface area contributed by atoms with E-state index in [9.17, 15) is 4.79 Å². The summed E-state index contributed by atoms with van der Waals surface area (Å²) in [7, 11) is 0. The first-order valence-electron chi connectivity index (χ1n) is 5.52. The number of hydrogen-bond acceptors (Lipinski definition) is 2. The van der Waals surface area contributed by atoms with Gasteiger partial charge in [-0.25, -0.2) is 0 Å². The normalized spacial score (nSPS) is 12.4. The number of amides is 1. The van der Waals surface area contributed by atoms with E-state index in [4.69, 9.17) is 4.42 Å². The maximum absolute atomic E-state index is 11.6. The third-order valence-electron chi connectivity index (χ3n) is 2.42. The van der Waals surface area contributed by atoms with Crippen molar-refractivity contribution in [3.63, 3.8) is 0 Å². The highest BCUT2D eigenvalue weighted by molar-refractivity contribution is 9.09. The van der Waals surface area contributed by atoms with E-state index in [1.807, 2.05) is 6.92 Å². The quantitative estimate of drug-likeness (QED) is 0.645. The average Bonchev–Trinajstić information content (AvgIpc) is 2.70. The summed E-state index contributed by atoms with van der Waals surface area (Å²) in [5.41, 5.74) is 0.603. The molecule has 3 nitrogen and oxygen atoms in total. The van der Waals surface area contributed by atoms with Gasteiger partial charge in [-0.15, -0.1) is 0 Å². The van der Waals surface area contributed by atoms with Crippen molar-refractivity contribution in [3.05, 3.63) is 23.7 Å². The van der Waals surface area contributed by atoms with Gasteiger partial charge in [0, 0.05) is 11.9 Å². The minimum absolute atomic E-state index is 0.0525. The second-order valence-corrected chi connectivity index (χ2v) is 4.75. The van der Waals surface area contributed by atoms with Crippen LogP contribution in [0, 0.1) is 12.8 Å². The number of furan rings is 1. The lowest BCUT2D eigenvalue weighted by Crippen LogP contribution is -2.24. The largest absolute Gasteiger partial charge is 0.469 e. The first kappa shape index (κ1) is 13.3. The van der Waals surface area contributed by atoms with Gasteiger partial charge in [-0.2, -0.15) is 0 Å². The third-order valence-corrected chi connectivity index (χ3v) is 3.52. The summed E-state index contributed by atoms with van der Waals surface area (Å²) < 4.78 is 5.08. The second kappa shape index (κ2) is 6.74. The molecule has 90 valence electrons. The van der Waals surface area contributed by atoms with Crippen LogP contribution >= 0.6 is 15.9 Å². The molecule has 0 aromatic carbocycles. The maximum atomic E-state index is 11.6. The van der Waals surface area contributed by atoms with Crippen LogP contribution in [0.25, 0.3) is 0 Å². The molecule has 0 spiro atoms. The molecule has 1 aromatic heterocycles. The molecule has 0 saturated carbocycles. The van der Waals surface area contributed by atoms with Gasteiger partial charge in [-0.05, 0) is 31.7 Å². The van der Waals surface area contributed by atoms with Crippen molar-refractivity contribution >= 4 is 21.8 Å². The SMILES string of the molecule is Cc1cc(C(=O)NCCCC(C)CBr)co1. The van der Waals surface area contributed by atoms with Crippen LogP contribution in [0.5, 0.6) is 0 Å². The number of rotatable bonds is 6. The average molecular weight is 288 g/mol. The van der Waals surface area contributed by atoms with E-state index in [1.165, 1.54) is 6.26 Å². The number of hydrogen-bond donors (Lipinski definition) is 1. The molecule has 1 aromatic rings. The fraction of sp³-hybridized carbons (Fsp3) is 0.583. The minimum atomic E-state index is -0.0525. The van der Waals surface area contributed by atoms with Crippen LogP contribution in [0.3, 0.4) is 0 Å². The molecular weight excluding hydrogens is 270 g/mol. The molecule has 0 aliphatic carbocycles. The number of nitrogens with one attached hydrogen (secondary N) is 1. The van der Waals surface area contributed by atoms with Crippen molar-refractivity contribution in [2.75, 3.05) is 11.9 Å². The van der Waals surface area contributed by atoms with Crippen LogP contribution in [-0.2, 0) is 0 Å². The first-order valence-corrected chi connectivity index (χ1v) is 6.65. The van der Waals surface area contributed by atoms with Gasteiger partial charge < -0.3 is 9.73 Å². The first-order chi connectivity index (χ1) is 7.63. The van der Waals surface area contributed by atoms with E-state index in [-0.39, 0.29) is 5.91 Å². The van der Waals surface area contributed by atoms with Gasteiger partial charge >= 0.3 is 0 Å². The summed E-state index contributed by atoms with van der Waals surface area (Å²) in [4.78, 5) is 11.6. The molecule has 0 bridgehead atoms. The van der Waals surface area contributed by atoms with Crippen LogP contribution in [-0.4, -0.2) is 17.8 Å². The smallest absolute Gasteiger partial charge is 0.254 e. The summed E-state index contributed by atoms with van der Waals surface area (Å²) in [6.07, 6.45) is 3.62. The van der Waals surface area contributed by atoms with Crippen molar-refractivity contribution < 1.29 is 9.21 Å².